The van der Waals surface area contributed by atoms with Crippen LogP contribution in [-0.4, -0.2) is 63.7 Å². The highest BCUT2D eigenvalue weighted by Crippen LogP contribution is 2.35. The number of allylic oxidation sites excluding steroid dienone is 2. The minimum absolute atomic E-state index is 0.0672. The third kappa shape index (κ3) is 5.67. The van der Waals surface area contributed by atoms with Crippen LogP contribution in [0.5, 0.6) is 0 Å². The summed E-state index contributed by atoms with van der Waals surface area (Å²) in [6.45, 7) is 15.5. The second-order valence-electron chi connectivity index (χ2n) is 11.7. The summed E-state index contributed by atoms with van der Waals surface area (Å²) in [5.41, 5.74) is 5.84. The van der Waals surface area contributed by atoms with Crippen molar-refractivity contribution in [1.82, 2.24) is 15.6 Å². The van der Waals surface area contributed by atoms with Gasteiger partial charge in [-0.05, 0) is 67.9 Å². The van der Waals surface area contributed by atoms with Gasteiger partial charge in [-0.2, -0.15) is 0 Å². The van der Waals surface area contributed by atoms with Crippen LogP contribution in [0.3, 0.4) is 0 Å². The Balaban J connectivity index is 1.81. The molecule has 5 N–H and O–H groups in total. The molecule has 0 amide bonds. The van der Waals surface area contributed by atoms with Gasteiger partial charge < -0.3 is 25.1 Å². The van der Waals surface area contributed by atoms with Gasteiger partial charge in [0, 0.05) is 30.1 Å². The number of nitrogens with zero attached hydrogens (tertiary/aromatic N) is 2. The molecule has 4 rings (SSSR count). The van der Waals surface area contributed by atoms with Gasteiger partial charge in [-0.15, -0.1) is 0 Å². The van der Waals surface area contributed by atoms with E-state index in [0.29, 0.717) is 23.6 Å². The van der Waals surface area contributed by atoms with Crippen LogP contribution in [-0.2, 0) is 6.42 Å². The van der Waals surface area contributed by atoms with Crippen molar-refractivity contribution in [2.75, 3.05) is 13.2 Å². The van der Waals surface area contributed by atoms with Gasteiger partial charge in [-0.25, -0.2) is 4.99 Å². The lowest BCUT2D eigenvalue weighted by Gasteiger charge is -2.25. The molecule has 0 bridgehead atoms. The molecule has 1 fully saturated rings. The standard InChI is InChI=1S/C29H42N4O4/c1-8-20-9-18-11-22(37-23(18)12-30-20)24-16(3)15(2)17(4)27(31-14-29(5,6)7)33-28(24)32-21-10-19(13-34)25(35)26(21)36/h9,11-12,19,21,25-27,31,34-36H,8,10,13-14H2,1-7H3,(H,32,33)/t19-,21-,25-,26+,27?/m1/s1. The zero-order valence-corrected chi connectivity index (χ0v) is 23.1. The first kappa shape index (κ1) is 27.5. The van der Waals surface area contributed by atoms with Crippen LogP contribution in [0.15, 0.2) is 44.5 Å². The summed E-state index contributed by atoms with van der Waals surface area (Å²) >= 11 is 0. The lowest BCUT2D eigenvalue weighted by atomic mass is 9.95. The Bertz CT molecular complexity index is 1240. The monoisotopic (exact) mass is 510 g/mol. The minimum atomic E-state index is -1.02. The fourth-order valence-corrected chi connectivity index (χ4v) is 5.10. The number of aryl methyl sites for hydroxylation is 1. The number of aromatic nitrogens is 1. The quantitative estimate of drug-likeness (QED) is 0.403. The van der Waals surface area contributed by atoms with Gasteiger partial charge in [-0.1, -0.05) is 27.7 Å². The third-order valence-corrected chi connectivity index (χ3v) is 7.69. The number of pyridine rings is 1. The lowest BCUT2D eigenvalue weighted by molar-refractivity contribution is 0.00143. The fourth-order valence-electron chi connectivity index (χ4n) is 5.10. The Morgan fingerprint density at radius 1 is 1.08 bits per heavy atom. The number of hydrogen-bond acceptors (Lipinski definition) is 8. The average molecular weight is 511 g/mol. The molecule has 0 saturated heterocycles. The van der Waals surface area contributed by atoms with Crippen molar-refractivity contribution in [2.45, 2.75) is 85.7 Å². The van der Waals surface area contributed by atoms with E-state index >= 15 is 0 Å². The number of aliphatic hydroxyl groups excluding tert-OH is 3. The van der Waals surface area contributed by atoms with Crippen molar-refractivity contribution in [3.8, 4) is 0 Å². The number of amidine groups is 1. The summed E-state index contributed by atoms with van der Waals surface area (Å²) in [5.74, 6) is 0.871. The normalized spacial score (nSPS) is 27.2. The zero-order valence-electron chi connectivity index (χ0n) is 23.1. The molecule has 2 aliphatic rings. The van der Waals surface area contributed by atoms with E-state index in [0.717, 1.165) is 46.3 Å². The van der Waals surface area contributed by atoms with E-state index in [2.05, 4.69) is 64.1 Å². The zero-order chi connectivity index (χ0) is 27.1. The van der Waals surface area contributed by atoms with Crippen molar-refractivity contribution in [1.29, 1.82) is 0 Å². The maximum Gasteiger partial charge on any atom is 0.153 e. The molecule has 8 nitrogen and oxygen atoms in total. The van der Waals surface area contributed by atoms with Gasteiger partial charge >= 0.3 is 0 Å². The number of furan rings is 1. The molecule has 3 heterocycles. The first-order valence-electron chi connectivity index (χ1n) is 13.3. The van der Waals surface area contributed by atoms with Crippen molar-refractivity contribution in [3.63, 3.8) is 0 Å². The van der Waals surface area contributed by atoms with E-state index in [1.165, 1.54) is 0 Å². The molecule has 37 heavy (non-hydrogen) atoms. The van der Waals surface area contributed by atoms with Crippen LogP contribution in [0, 0.1) is 11.3 Å². The van der Waals surface area contributed by atoms with E-state index < -0.39 is 24.2 Å². The van der Waals surface area contributed by atoms with Crippen LogP contribution in [0.25, 0.3) is 16.5 Å². The highest BCUT2D eigenvalue weighted by molar-refractivity contribution is 6.24. The van der Waals surface area contributed by atoms with E-state index in [9.17, 15) is 15.3 Å². The second kappa shape index (κ2) is 10.7. The Kier molecular flexibility index (Phi) is 7.95. The van der Waals surface area contributed by atoms with Crippen molar-refractivity contribution < 1.29 is 19.7 Å². The molecular formula is C29H42N4O4. The summed E-state index contributed by atoms with van der Waals surface area (Å²) < 4.78 is 6.31. The van der Waals surface area contributed by atoms with Crippen molar-refractivity contribution in [3.05, 3.63) is 46.5 Å². The number of aliphatic imine (C=N–C) groups is 1. The predicted molar refractivity (Wildman–Crippen MR) is 147 cm³/mol. The SMILES string of the molecule is CCc1cc2cc(C3=C(C)C(C)=C(C)C(NCC(C)(C)C)N=C3N[C@@H]3C[C@H](CO)[C@@H](O)[C@H]3O)oc2cn1. The number of rotatable bonds is 6. The van der Waals surface area contributed by atoms with E-state index in [1.807, 2.05) is 12.1 Å². The maximum absolute atomic E-state index is 10.8. The highest BCUT2D eigenvalue weighted by atomic mass is 16.3. The molecular weight excluding hydrogens is 468 g/mol. The van der Waals surface area contributed by atoms with Gasteiger partial charge in [0.15, 0.2) is 5.58 Å². The molecule has 1 aliphatic heterocycles. The van der Waals surface area contributed by atoms with Crippen LogP contribution in [0.4, 0.5) is 0 Å². The molecule has 0 radical (unpaired) electrons. The summed E-state index contributed by atoms with van der Waals surface area (Å²) in [7, 11) is 0. The van der Waals surface area contributed by atoms with Crippen LogP contribution >= 0.6 is 0 Å². The van der Waals surface area contributed by atoms with E-state index in [-0.39, 0.29) is 18.2 Å². The Labute approximate surface area is 219 Å². The molecule has 1 aliphatic carbocycles. The molecule has 2 aromatic rings. The summed E-state index contributed by atoms with van der Waals surface area (Å²) in [5, 5.41) is 39.0. The van der Waals surface area contributed by atoms with E-state index in [4.69, 9.17) is 9.41 Å². The van der Waals surface area contributed by atoms with Crippen LogP contribution in [0.1, 0.15) is 66.3 Å². The molecule has 0 aromatic carbocycles. The molecule has 1 saturated carbocycles. The first-order valence-corrected chi connectivity index (χ1v) is 13.3. The average Bonchev–Trinajstić information content (AvgIpc) is 3.37. The summed E-state index contributed by atoms with van der Waals surface area (Å²) in [4.78, 5) is 9.63. The molecule has 202 valence electrons. The third-order valence-electron chi connectivity index (χ3n) is 7.69. The Morgan fingerprint density at radius 2 is 1.81 bits per heavy atom. The minimum Gasteiger partial charge on any atom is -0.454 e. The lowest BCUT2D eigenvalue weighted by Crippen LogP contribution is -2.44. The molecule has 1 unspecified atom stereocenters. The molecule has 5 atom stereocenters. The molecule has 2 aromatic heterocycles. The van der Waals surface area contributed by atoms with Gasteiger partial charge in [0.1, 0.15) is 23.9 Å². The number of aliphatic hydroxyl groups is 3. The fraction of sp³-hybridized carbons (Fsp3) is 0.586. The van der Waals surface area contributed by atoms with E-state index in [1.54, 1.807) is 6.20 Å². The van der Waals surface area contributed by atoms with Gasteiger partial charge in [0.25, 0.3) is 0 Å². The molecule has 8 heteroatoms. The van der Waals surface area contributed by atoms with Gasteiger partial charge in [-0.3, -0.25) is 10.3 Å². The topological polar surface area (TPSA) is 123 Å². The van der Waals surface area contributed by atoms with Crippen molar-refractivity contribution >= 4 is 22.4 Å². The first-order chi connectivity index (χ1) is 17.4. The largest absolute Gasteiger partial charge is 0.454 e. The van der Waals surface area contributed by atoms with Crippen LogP contribution < -0.4 is 10.6 Å². The Morgan fingerprint density at radius 3 is 2.43 bits per heavy atom. The Hall–Kier alpha value is -2.52. The summed E-state index contributed by atoms with van der Waals surface area (Å²) in [6.07, 6.45) is 0.738. The van der Waals surface area contributed by atoms with Gasteiger partial charge in [0.2, 0.25) is 0 Å². The summed E-state index contributed by atoms with van der Waals surface area (Å²) in [6, 6.07) is 3.60. The molecule has 0 spiro atoms. The number of fused-ring (bicyclic) bond motifs is 1. The van der Waals surface area contributed by atoms with Crippen LogP contribution in [0.2, 0.25) is 0 Å². The highest BCUT2D eigenvalue weighted by Gasteiger charge is 2.42. The van der Waals surface area contributed by atoms with Crippen molar-refractivity contribution in [2.24, 2.45) is 16.3 Å². The predicted octanol–water partition coefficient (Wildman–Crippen LogP) is 3.57. The number of nitrogens with one attached hydrogen (secondary N) is 2. The van der Waals surface area contributed by atoms with Gasteiger partial charge in [0.05, 0.1) is 23.9 Å². The smallest absolute Gasteiger partial charge is 0.153 e. The number of hydrogen-bond donors (Lipinski definition) is 5. The maximum atomic E-state index is 10.8. The second-order valence-corrected chi connectivity index (χ2v) is 11.7.